The molecule has 90 valence electrons. The molecule has 0 amide bonds. The summed E-state index contributed by atoms with van der Waals surface area (Å²) in [5.74, 6) is 0.216. The van der Waals surface area contributed by atoms with Crippen molar-refractivity contribution in [1.29, 1.82) is 0 Å². The van der Waals surface area contributed by atoms with Crippen molar-refractivity contribution in [2.75, 3.05) is 13.6 Å². The molecule has 1 aromatic rings. The molecule has 0 aliphatic heterocycles. The van der Waals surface area contributed by atoms with Crippen molar-refractivity contribution in [1.82, 2.24) is 15.1 Å². The second kappa shape index (κ2) is 6.01. The Hall–Kier alpha value is -0.870. The van der Waals surface area contributed by atoms with Crippen LogP contribution in [0.2, 0.25) is 5.15 Å². The Morgan fingerprint density at radius 3 is 2.75 bits per heavy atom. The number of aromatic nitrogens is 2. The van der Waals surface area contributed by atoms with Gasteiger partial charge in [-0.25, -0.2) is 0 Å². The smallest absolute Gasteiger partial charge is 0.137 e. The van der Waals surface area contributed by atoms with Gasteiger partial charge in [-0.1, -0.05) is 11.6 Å². The number of nitrogens with zero attached hydrogens (tertiary/aromatic N) is 2. The van der Waals surface area contributed by atoms with Crippen molar-refractivity contribution in [2.45, 2.75) is 26.2 Å². The maximum absolute atomic E-state index is 11.7. The molecule has 0 radical (unpaired) electrons. The molecule has 1 heterocycles. The van der Waals surface area contributed by atoms with Gasteiger partial charge in [-0.2, -0.15) is 5.10 Å². The predicted octanol–water partition coefficient (Wildman–Crippen LogP) is 1.49. The second-order valence-electron chi connectivity index (χ2n) is 3.90. The van der Waals surface area contributed by atoms with Gasteiger partial charge in [-0.05, 0) is 26.9 Å². The number of carbonyl (C=O) groups is 1. The number of ketones is 1. The lowest BCUT2D eigenvalue weighted by Crippen LogP contribution is -2.11. The van der Waals surface area contributed by atoms with E-state index >= 15 is 0 Å². The standard InChI is InChI=1S/C11H18ClN3O/c1-8-10(11(12)15(3)14-8)7-9(16)5-4-6-13-2/h13H,4-7H2,1-3H3. The van der Waals surface area contributed by atoms with Crippen molar-refractivity contribution in [3.63, 3.8) is 0 Å². The summed E-state index contributed by atoms with van der Waals surface area (Å²) in [7, 11) is 3.66. The topological polar surface area (TPSA) is 46.9 Å². The van der Waals surface area contributed by atoms with E-state index in [1.54, 1.807) is 11.7 Å². The Balaban J connectivity index is 2.56. The first-order valence-electron chi connectivity index (χ1n) is 5.40. The van der Waals surface area contributed by atoms with E-state index < -0.39 is 0 Å². The van der Waals surface area contributed by atoms with Gasteiger partial charge in [0.15, 0.2) is 0 Å². The monoisotopic (exact) mass is 243 g/mol. The van der Waals surface area contributed by atoms with Gasteiger partial charge >= 0.3 is 0 Å². The van der Waals surface area contributed by atoms with Gasteiger partial charge < -0.3 is 5.32 Å². The Morgan fingerprint density at radius 1 is 1.56 bits per heavy atom. The highest BCUT2D eigenvalue weighted by Gasteiger charge is 2.14. The van der Waals surface area contributed by atoms with Gasteiger partial charge in [0.2, 0.25) is 0 Å². The molecule has 0 saturated heterocycles. The van der Waals surface area contributed by atoms with E-state index in [1.165, 1.54) is 0 Å². The average Bonchev–Trinajstić information content (AvgIpc) is 2.46. The quantitative estimate of drug-likeness (QED) is 0.771. The van der Waals surface area contributed by atoms with Crippen LogP contribution >= 0.6 is 11.6 Å². The molecular weight excluding hydrogens is 226 g/mol. The Kier molecular flexibility index (Phi) is 4.96. The number of hydrogen-bond acceptors (Lipinski definition) is 3. The van der Waals surface area contributed by atoms with Crippen LogP contribution in [-0.4, -0.2) is 29.2 Å². The molecule has 0 aliphatic carbocycles. The van der Waals surface area contributed by atoms with E-state index in [4.69, 9.17) is 11.6 Å². The molecule has 0 spiro atoms. The van der Waals surface area contributed by atoms with Crippen molar-refractivity contribution in [2.24, 2.45) is 7.05 Å². The molecule has 4 nitrogen and oxygen atoms in total. The normalized spacial score (nSPS) is 10.8. The van der Waals surface area contributed by atoms with Gasteiger partial charge in [0, 0.05) is 25.5 Å². The van der Waals surface area contributed by atoms with Gasteiger partial charge in [0.05, 0.1) is 5.69 Å². The second-order valence-corrected chi connectivity index (χ2v) is 4.26. The highest BCUT2D eigenvalue weighted by molar-refractivity contribution is 6.30. The third-order valence-electron chi connectivity index (χ3n) is 2.53. The molecule has 0 saturated carbocycles. The molecule has 1 N–H and O–H groups in total. The highest BCUT2D eigenvalue weighted by Crippen LogP contribution is 2.19. The predicted molar refractivity (Wildman–Crippen MR) is 64.8 cm³/mol. The van der Waals surface area contributed by atoms with Crippen molar-refractivity contribution >= 4 is 17.4 Å². The summed E-state index contributed by atoms with van der Waals surface area (Å²) in [6.07, 6.45) is 1.85. The number of nitrogens with one attached hydrogen (secondary N) is 1. The van der Waals surface area contributed by atoms with Crippen LogP contribution in [0.4, 0.5) is 0 Å². The summed E-state index contributed by atoms with van der Waals surface area (Å²) < 4.78 is 1.60. The molecule has 0 atom stereocenters. The molecule has 16 heavy (non-hydrogen) atoms. The summed E-state index contributed by atoms with van der Waals surface area (Å²) in [5.41, 5.74) is 1.70. The van der Waals surface area contributed by atoms with E-state index in [9.17, 15) is 4.79 Å². The zero-order chi connectivity index (χ0) is 12.1. The van der Waals surface area contributed by atoms with E-state index in [1.807, 2.05) is 14.0 Å². The minimum Gasteiger partial charge on any atom is -0.320 e. The van der Waals surface area contributed by atoms with E-state index in [2.05, 4.69) is 10.4 Å². The fourth-order valence-corrected chi connectivity index (χ4v) is 1.86. The summed E-state index contributed by atoms with van der Waals surface area (Å²) >= 11 is 6.06. The van der Waals surface area contributed by atoms with Gasteiger partial charge in [-0.3, -0.25) is 9.48 Å². The molecule has 0 aliphatic rings. The van der Waals surface area contributed by atoms with E-state index in [0.29, 0.717) is 18.0 Å². The Morgan fingerprint density at radius 2 is 2.25 bits per heavy atom. The number of rotatable bonds is 6. The van der Waals surface area contributed by atoms with Crippen LogP contribution in [-0.2, 0) is 18.3 Å². The van der Waals surface area contributed by atoms with Crippen molar-refractivity contribution < 1.29 is 4.79 Å². The highest BCUT2D eigenvalue weighted by atomic mass is 35.5. The third-order valence-corrected chi connectivity index (χ3v) is 3.00. The third kappa shape index (κ3) is 3.32. The zero-order valence-electron chi connectivity index (χ0n) is 10.0. The van der Waals surface area contributed by atoms with Crippen LogP contribution in [0.15, 0.2) is 0 Å². The molecule has 1 aromatic heterocycles. The number of halogens is 1. The minimum absolute atomic E-state index is 0.216. The lowest BCUT2D eigenvalue weighted by molar-refractivity contribution is -0.118. The lowest BCUT2D eigenvalue weighted by Gasteiger charge is -2.01. The molecule has 0 aromatic carbocycles. The van der Waals surface area contributed by atoms with Crippen LogP contribution in [0.3, 0.4) is 0 Å². The van der Waals surface area contributed by atoms with Crippen LogP contribution in [0.5, 0.6) is 0 Å². The Labute approximate surface area is 101 Å². The zero-order valence-corrected chi connectivity index (χ0v) is 10.8. The lowest BCUT2D eigenvalue weighted by atomic mass is 10.1. The molecule has 5 heteroatoms. The summed E-state index contributed by atoms with van der Waals surface area (Å²) in [6.45, 7) is 2.74. The first kappa shape index (κ1) is 13.2. The number of carbonyl (C=O) groups excluding carboxylic acids is 1. The molecule has 0 fully saturated rings. The fourth-order valence-electron chi connectivity index (χ4n) is 1.62. The first-order valence-corrected chi connectivity index (χ1v) is 5.78. The first-order chi connectivity index (χ1) is 7.56. The van der Waals surface area contributed by atoms with E-state index in [0.717, 1.165) is 24.2 Å². The fraction of sp³-hybridized carbons (Fsp3) is 0.636. The average molecular weight is 244 g/mol. The maximum atomic E-state index is 11.7. The number of aryl methyl sites for hydroxylation is 2. The SMILES string of the molecule is CNCCCC(=O)Cc1c(C)nn(C)c1Cl. The molecular formula is C11H18ClN3O. The van der Waals surface area contributed by atoms with Crippen molar-refractivity contribution in [3.8, 4) is 0 Å². The van der Waals surface area contributed by atoms with Gasteiger partial charge in [0.25, 0.3) is 0 Å². The maximum Gasteiger partial charge on any atom is 0.137 e. The van der Waals surface area contributed by atoms with Gasteiger partial charge in [0.1, 0.15) is 10.9 Å². The van der Waals surface area contributed by atoms with Crippen LogP contribution in [0.25, 0.3) is 0 Å². The Bertz CT molecular complexity index is 374. The minimum atomic E-state index is 0.216. The summed E-state index contributed by atoms with van der Waals surface area (Å²) in [4.78, 5) is 11.7. The van der Waals surface area contributed by atoms with Crippen LogP contribution in [0.1, 0.15) is 24.1 Å². The van der Waals surface area contributed by atoms with Crippen LogP contribution < -0.4 is 5.32 Å². The van der Waals surface area contributed by atoms with Crippen LogP contribution in [0, 0.1) is 6.92 Å². The summed E-state index contributed by atoms with van der Waals surface area (Å²) in [5, 5.41) is 7.77. The molecule has 1 rings (SSSR count). The van der Waals surface area contributed by atoms with E-state index in [-0.39, 0.29) is 5.78 Å². The molecule has 0 bridgehead atoms. The van der Waals surface area contributed by atoms with Crippen molar-refractivity contribution in [3.05, 3.63) is 16.4 Å². The number of hydrogen-bond donors (Lipinski definition) is 1. The largest absolute Gasteiger partial charge is 0.320 e. The number of Topliss-reactive ketones (excluding diaryl/α,β-unsaturated/α-hetero) is 1. The molecule has 0 unspecified atom stereocenters. The van der Waals surface area contributed by atoms with Gasteiger partial charge in [-0.15, -0.1) is 0 Å². The summed E-state index contributed by atoms with van der Waals surface area (Å²) in [6, 6.07) is 0.